The van der Waals surface area contributed by atoms with Gasteiger partial charge in [-0.15, -0.1) is 0 Å². The van der Waals surface area contributed by atoms with Gasteiger partial charge in [0, 0.05) is 19.2 Å². The molecule has 0 aromatic heterocycles. The van der Waals surface area contributed by atoms with Crippen LogP contribution in [0.5, 0.6) is 0 Å². The number of carboxylic acid groups (broad SMARTS) is 1. The van der Waals surface area contributed by atoms with Gasteiger partial charge in [-0.1, -0.05) is 32.4 Å². The molecule has 5 N–H and O–H groups in total. The van der Waals surface area contributed by atoms with Crippen LogP contribution in [-0.2, 0) is 19.2 Å². The molecule has 11 nitrogen and oxygen atoms in total. The summed E-state index contributed by atoms with van der Waals surface area (Å²) in [4.78, 5) is 62.0. The fraction of sp³-hybridized carbons (Fsp3) is 0.560. The molecule has 1 fully saturated rings. The third kappa shape index (κ3) is 7.98. The van der Waals surface area contributed by atoms with Crippen molar-refractivity contribution in [3.8, 4) is 0 Å². The number of amides is 3. The highest BCUT2D eigenvalue weighted by molar-refractivity contribution is 6.34. The largest absolute Gasteiger partial charge is 0.481 e. The minimum absolute atomic E-state index is 0.0911. The highest BCUT2D eigenvalue weighted by atomic mass is 35.5. The van der Waals surface area contributed by atoms with E-state index in [2.05, 4.69) is 16.0 Å². The average Bonchev–Trinajstić information content (AvgIpc) is 3.26. The number of nitrogens with zero attached hydrogens (tertiary/aromatic N) is 1. The third-order valence-corrected chi connectivity index (χ3v) is 6.46. The van der Waals surface area contributed by atoms with Crippen molar-refractivity contribution in [3.05, 3.63) is 28.8 Å². The number of rotatable bonds is 10. The molecule has 0 aliphatic carbocycles. The first-order valence-electron chi connectivity index (χ1n) is 11.9. The summed E-state index contributed by atoms with van der Waals surface area (Å²) in [5.41, 5.74) is -1.95. The molecule has 1 heterocycles. The molecule has 0 bridgehead atoms. The summed E-state index contributed by atoms with van der Waals surface area (Å²) >= 11 is 6.27. The molecular weight excluding hydrogens is 504 g/mol. The molecule has 1 aliphatic rings. The van der Waals surface area contributed by atoms with E-state index in [-0.39, 0.29) is 16.5 Å². The zero-order valence-electron chi connectivity index (χ0n) is 21.6. The highest BCUT2D eigenvalue weighted by Crippen LogP contribution is 2.31. The fourth-order valence-corrected chi connectivity index (χ4v) is 4.68. The maximum Gasteiger partial charge on any atom is 0.305 e. The average molecular weight is 539 g/mol. The van der Waals surface area contributed by atoms with Crippen LogP contribution in [0.4, 0.5) is 5.69 Å². The highest BCUT2D eigenvalue weighted by Gasteiger charge is 2.46. The molecule has 1 saturated heterocycles. The molecular formula is C25H35ClN4O7. The van der Waals surface area contributed by atoms with Gasteiger partial charge in [-0.2, -0.15) is 0 Å². The van der Waals surface area contributed by atoms with E-state index in [4.69, 9.17) is 16.7 Å². The Morgan fingerprint density at radius 1 is 1.22 bits per heavy atom. The normalized spacial score (nSPS) is 18.9. The van der Waals surface area contributed by atoms with Crippen molar-refractivity contribution in [3.63, 3.8) is 0 Å². The number of anilines is 1. The summed E-state index contributed by atoms with van der Waals surface area (Å²) < 4.78 is 0. The molecule has 3 amide bonds. The van der Waals surface area contributed by atoms with Gasteiger partial charge in [0.25, 0.3) is 5.91 Å². The number of aldehydes is 1. The van der Waals surface area contributed by atoms with E-state index in [1.807, 2.05) is 0 Å². The van der Waals surface area contributed by atoms with Crippen LogP contribution in [0, 0.1) is 5.41 Å². The predicted molar refractivity (Wildman–Crippen MR) is 137 cm³/mol. The number of hydrogen-bond donors (Lipinski definition) is 5. The fourth-order valence-electron chi connectivity index (χ4n) is 4.41. The zero-order valence-corrected chi connectivity index (χ0v) is 22.4. The number of carbonyl (C=O) groups excluding carboxylic acids is 4. The SMILES string of the molecule is CC(=O)Nc1ccc(C(=O)N[C@H](C(=O)N2CCC[C@H]2C(C)(O)N[C@H](C=O)CC(=O)O)C(C)(C)C)c(Cl)c1. The Morgan fingerprint density at radius 3 is 2.38 bits per heavy atom. The lowest BCUT2D eigenvalue weighted by molar-refractivity contribution is -0.146. The number of carbonyl (C=O) groups is 5. The van der Waals surface area contributed by atoms with Crippen molar-refractivity contribution < 1.29 is 34.2 Å². The Hall–Kier alpha value is -3.02. The van der Waals surface area contributed by atoms with Crippen LogP contribution in [-0.4, -0.2) is 75.5 Å². The quantitative estimate of drug-likeness (QED) is 0.222. The van der Waals surface area contributed by atoms with Gasteiger partial charge < -0.3 is 30.5 Å². The van der Waals surface area contributed by atoms with Gasteiger partial charge in [0.2, 0.25) is 11.8 Å². The summed E-state index contributed by atoms with van der Waals surface area (Å²) in [5, 5.41) is 28.2. The smallest absolute Gasteiger partial charge is 0.305 e. The molecule has 2 rings (SSSR count). The first-order valence-corrected chi connectivity index (χ1v) is 12.3. The Balaban J connectivity index is 2.27. The molecule has 0 saturated carbocycles. The van der Waals surface area contributed by atoms with Gasteiger partial charge in [0.15, 0.2) is 0 Å². The van der Waals surface area contributed by atoms with Crippen LogP contribution < -0.4 is 16.0 Å². The molecule has 1 unspecified atom stereocenters. The Kier molecular flexibility index (Phi) is 9.81. The standard InChI is InChI=1S/C25H35ClN4O7/c1-14(32)27-15-8-9-17(18(26)11-15)22(35)28-21(24(2,3)4)23(36)30-10-6-7-19(30)25(5,37)29-16(13-31)12-20(33)34/h8-9,11,13,16,19,21,29,37H,6-7,10,12H2,1-5H3,(H,27,32)(H,28,35)(H,33,34)/t16-,19-,21+,25?/m0/s1. The van der Waals surface area contributed by atoms with Gasteiger partial charge in [-0.25, -0.2) is 0 Å². The summed E-state index contributed by atoms with van der Waals surface area (Å²) in [6.07, 6.45) is 0.858. The van der Waals surface area contributed by atoms with Crippen molar-refractivity contribution in [1.29, 1.82) is 0 Å². The third-order valence-electron chi connectivity index (χ3n) is 6.14. The van der Waals surface area contributed by atoms with Gasteiger partial charge in [0.05, 0.1) is 29.1 Å². The zero-order chi connectivity index (χ0) is 28.1. The summed E-state index contributed by atoms with van der Waals surface area (Å²) in [6.45, 7) is 8.40. The van der Waals surface area contributed by atoms with Crippen LogP contribution in [0.2, 0.25) is 5.02 Å². The second-order valence-corrected chi connectivity index (χ2v) is 10.9. The van der Waals surface area contributed by atoms with E-state index in [0.717, 1.165) is 0 Å². The second kappa shape index (κ2) is 12.0. The van der Waals surface area contributed by atoms with Crippen molar-refractivity contribution in [2.24, 2.45) is 5.41 Å². The van der Waals surface area contributed by atoms with E-state index < -0.39 is 53.5 Å². The minimum Gasteiger partial charge on any atom is -0.481 e. The van der Waals surface area contributed by atoms with Crippen LogP contribution in [0.1, 0.15) is 64.2 Å². The number of aliphatic hydroxyl groups is 1. The van der Waals surface area contributed by atoms with Crippen molar-refractivity contribution in [1.82, 2.24) is 15.5 Å². The van der Waals surface area contributed by atoms with Crippen LogP contribution in [0.15, 0.2) is 18.2 Å². The number of benzene rings is 1. The molecule has 12 heteroatoms. The van der Waals surface area contributed by atoms with Crippen molar-refractivity contribution in [2.45, 2.75) is 77.7 Å². The number of nitrogens with one attached hydrogen (secondary N) is 3. The Bertz CT molecular complexity index is 1050. The van der Waals surface area contributed by atoms with E-state index in [1.54, 1.807) is 20.8 Å². The lowest BCUT2D eigenvalue weighted by Gasteiger charge is -2.41. The van der Waals surface area contributed by atoms with Crippen molar-refractivity contribution >= 4 is 47.3 Å². The van der Waals surface area contributed by atoms with Gasteiger partial charge in [0.1, 0.15) is 18.1 Å². The van der Waals surface area contributed by atoms with Crippen LogP contribution in [0.3, 0.4) is 0 Å². The molecule has 0 spiro atoms. The Labute approximate surface area is 220 Å². The van der Waals surface area contributed by atoms with Gasteiger partial charge in [-0.05, 0) is 43.4 Å². The van der Waals surface area contributed by atoms with E-state index in [1.165, 1.54) is 36.9 Å². The maximum atomic E-state index is 13.7. The number of halogens is 1. The summed E-state index contributed by atoms with van der Waals surface area (Å²) in [6, 6.07) is 1.50. The topological polar surface area (TPSA) is 165 Å². The lowest BCUT2D eigenvalue weighted by atomic mass is 9.85. The van der Waals surface area contributed by atoms with Gasteiger partial charge in [-0.3, -0.25) is 24.5 Å². The number of likely N-dealkylation sites (tertiary alicyclic amines) is 1. The number of carboxylic acids is 1. The molecule has 0 radical (unpaired) electrons. The monoisotopic (exact) mass is 538 g/mol. The van der Waals surface area contributed by atoms with Gasteiger partial charge >= 0.3 is 5.97 Å². The van der Waals surface area contributed by atoms with Crippen LogP contribution >= 0.6 is 11.6 Å². The molecule has 204 valence electrons. The molecule has 1 aromatic rings. The maximum absolute atomic E-state index is 13.7. The molecule has 1 aliphatic heterocycles. The first kappa shape index (κ1) is 30.2. The van der Waals surface area contributed by atoms with E-state index in [9.17, 15) is 29.1 Å². The van der Waals surface area contributed by atoms with Crippen molar-refractivity contribution in [2.75, 3.05) is 11.9 Å². The molecule has 37 heavy (non-hydrogen) atoms. The lowest BCUT2D eigenvalue weighted by Crippen LogP contribution is -2.64. The molecule has 4 atom stereocenters. The van der Waals surface area contributed by atoms with Crippen LogP contribution in [0.25, 0.3) is 0 Å². The minimum atomic E-state index is -1.76. The Morgan fingerprint density at radius 2 is 1.86 bits per heavy atom. The number of hydrogen-bond acceptors (Lipinski definition) is 7. The summed E-state index contributed by atoms with van der Waals surface area (Å²) in [7, 11) is 0. The number of aliphatic carboxylic acids is 1. The summed E-state index contributed by atoms with van der Waals surface area (Å²) in [5.74, 6) is -2.52. The predicted octanol–water partition coefficient (Wildman–Crippen LogP) is 1.77. The molecule has 1 aromatic carbocycles. The first-order chi connectivity index (χ1) is 17.1. The van der Waals surface area contributed by atoms with E-state index in [0.29, 0.717) is 31.4 Å². The second-order valence-electron chi connectivity index (χ2n) is 10.5. The van der Waals surface area contributed by atoms with E-state index >= 15 is 0 Å².